The van der Waals surface area contributed by atoms with Crippen molar-refractivity contribution in [1.29, 1.82) is 0 Å². The summed E-state index contributed by atoms with van der Waals surface area (Å²) >= 11 is 0. The van der Waals surface area contributed by atoms with Crippen LogP contribution in [0.15, 0.2) is 24.3 Å². The number of benzene rings is 1. The Morgan fingerprint density at radius 1 is 1.27 bits per heavy atom. The van der Waals surface area contributed by atoms with Gasteiger partial charge in [0.15, 0.2) is 0 Å². The van der Waals surface area contributed by atoms with Gasteiger partial charge < -0.3 is 15.1 Å². The van der Waals surface area contributed by atoms with Gasteiger partial charge in [-0.05, 0) is 17.9 Å². The summed E-state index contributed by atoms with van der Waals surface area (Å²) in [5.74, 6) is 0.557. The standard InChI is InChI=1S/C16H19N3O3/c20-8-16(9-21)11-6-19(7-12(11)16)15(22)5-14-10-3-1-2-4-13(10)17-18-14/h1-4,11-12,20-21H,5-9H2,(H,17,18). The molecule has 1 aliphatic heterocycles. The van der Waals surface area contributed by atoms with Crippen molar-refractivity contribution in [1.82, 2.24) is 15.1 Å². The number of nitrogens with zero attached hydrogens (tertiary/aromatic N) is 2. The third-order valence-corrected chi connectivity index (χ3v) is 5.50. The Morgan fingerprint density at radius 3 is 2.64 bits per heavy atom. The average Bonchev–Trinajstić information content (AvgIpc) is 2.90. The van der Waals surface area contributed by atoms with Gasteiger partial charge in [0.1, 0.15) is 0 Å². The van der Waals surface area contributed by atoms with E-state index in [1.54, 1.807) is 0 Å². The minimum absolute atomic E-state index is 0.00600. The number of aromatic amines is 1. The van der Waals surface area contributed by atoms with Crippen molar-refractivity contribution in [2.45, 2.75) is 6.42 Å². The third kappa shape index (κ3) is 1.80. The maximum atomic E-state index is 12.5. The van der Waals surface area contributed by atoms with Crippen molar-refractivity contribution in [3.63, 3.8) is 0 Å². The molecular formula is C16H19N3O3. The first-order valence-electron chi connectivity index (χ1n) is 7.61. The van der Waals surface area contributed by atoms with Gasteiger partial charge in [-0.25, -0.2) is 0 Å². The lowest BCUT2D eigenvalue weighted by Crippen LogP contribution is -2.37. The number of aliphatic hydroxyl groups excluding tert-OH is 2. The second-order valence-electron chi connectivity index (χ2n) is 6.46. The molecule has 1 amide bonds. The van der Waals surface area contributed by atoms with E-state index in [4.69, 9.17) is 0 Å². The zero-order valence-corrected chi connectivity index (χ0v) is 12.2. The molecule has 0 spiro atoms. The number of likely N-dealkylation sites (tertiary alicyclic amines) is 1. The number of hydrogen-bond acceptors (Lipinski definition) is 4. The van der Waals surface area contributed by atoms with Crippen LogP contribution in [0.5, 0.6) is 0 Å². The Balaban J connectivity index is 1.45. The van der Waals surface area contributed by atoms with Gasteiger partial charge >= 0.3 is 0 Å². The summed E-state index contributed by atoms with van der Waals surface area (Å²) in [7, 11) is 0. The molecule has 2 heterocycles. The second-order valence-corrected chi connectivity index (χ2v) is 6.46. The van der Waals surface area contributed by atoms with Gasteiger partial charge in [-0.1, -0.05) is 18.2 Å². The highest BCUT2D eigenvalue weighted by molar-refractivity contribution is 5.87. The molecule has 2 fully saturated rings. The quantitative estimate of drug-likeness (QED) is 0.751. The van der Waals surface area contributed by atoms with E-state index in [0.29, 0.717) is 19.5 Å². The van der Waals surface area contributed by atoms with Gasteiger partial charge in [0.25, 0.3) is 0 Å². The Kier molecular flexibility index (Phi) is 2.99. The molecule has 1 saturated carbocycles. The zero-order chi connectivity index (χ0) is 15.3. The molecule has 2 unspecified atom stereocenters. The van der Waals surface area contributed by atoms with Gasteiger partial charge in [-0.2, -0.15) is 5.10 Å². The minimum atomic E-state index is -0.350. The van der Waals surface area contributed by atoms with Gasteiger partial charge in [0, 0.05) is 23.9 Å². The van der Waals surface area contributed by atoms with Crippen LogP contribution in [0.1, 0.15) is 5.69 Å². The number of H-pyrrole nitrogens is 1. The van der Waals surface area contributed by atoms with Gasteiger partial charge in [0.05, 0.1) is 30.8 Å². The zero-order valence-electron chi connectivity index (χ0n) is 12.2. The largest absolute Gasteiger partial charge is 0.396 e. The molecule has 2 aliphatic rings. The molecule has 22 heavy (non-hydrogen) atoms. The monoisotopic (exact) mass is 301 g/mol. The van der Waals surface area contributed by atoms with E-state index in [2.05, 4.69) is 10.2 Å². The molecule has 6 heteroatoms. The molecule has 1 aromatic heterocycles. The van der Waals surface area contributed by atoms with Crippen molar-refractivity contribution in [2.24, 2.45) is 17.3 Å². The Labute approximate surface area is 127 Å². The minimum Gasteiger partial charge on any atom is -0.396 e. The predicted octanol–water partition coefficient (Wildman–Crippen LogP) is 0.165. The van der Waals surface area contributed by atoms with Crippen LogP contribution >= 0.6 is 0 Å². The summed E-state index contributed by atoms with van der Waals surface area (Å²) in [6.07, 6.45) is 0.311. The number of rotatable bonds is 4. The van der Waals surface area contributed by atoms with Crippen molar-refractivity contribution in [3.8, 4) is 0 Å². The number of para-hydroxylation sites is 1. The predicted molar refractivity (Wildman–Crippen MR) is 80.0 cm³/mol. The van der Waals surface area contributed by atoms with E-state index < -0.39 is 0 Å². The lowest BCUT2D eigenvalue weighted by molar-refractivity contribution is -0.130. The van der Waals surface area contributed by atoms with Crippen molar-refractivity contribution >= 4 is 16.8 Å². The molecule has 6 nitrogen and oxygen atoms in total. The van der Waals surface area contributed by atoms with Crippen LogP contribution in [-0.2, 0) is 11.2 Å². The van der Waals surface area contributed by atoms with E-state index in [-0.39, 0.29) is 36.4 Å². The Hall–Kier alpha value is -1.92. The number of carbonyl (C=O) groups is 1. The van der Waals surface area contributed by atoms with Crippen molar-refractivity contribution < 1.29 is 15.0 Å². The smallest absolute Gasteiger partial charge is 0.228 e. The van der Waals surface area contributed by atoms with E-state index >= 15 is 0 Å². The molecule has 2 aromatic rings. The lowest BCUT2D eigenvalue weighted by atomic mass is 10.0. The summed E-state index contributed by atoms with van der Waals surface area (Å²) in [5, 5.41) is 27.0. The number of carbonyl (C=O) groups excluding carboxylic acids is 1. The highest BCUT2D eigenvalue weighted by atomic mass is 16.3. The summed E-state index contributed by atoms with van der Waals surface area (Å²) in [4.78, 5) is 14.3. The molecule has 1 aliphatic carbocycles. The first kappa shape index (κ1) is 13.7. The molecule has 116 valence electrons. The SMILES string of the molecule is O=C(Cc1[nH]nc2ccccc12)N1CC2C(C1)C2(CO)CO. The van der Waals surface area contributed by atoms with Crippen molar-refractivity contribution in [2.75, 3.05) is 26.3 Å². The Bertz CT molecular complexity index is 708. The summed E-state index contributed by atoms with van der Waals surface area (Å²) in [5.41, 5.74) is 1.36. The van der Waals surface area contributed by atoms with Gasteiger partial charge in [-0.3, -0.25) is 9.89 Å². The number of aliphatic hydroxyl groups is 2. The lowest BCUT2D eigenvalue weighted by Gasteiger charge is -2.24. The van der Waals surface area contributed by atoms with E-state index in [9.17, 15) is 15.0 Å². The number of hydrogen-bond donors (Lipinski definition) is 3. The van der Waals surface area contributed by atoms with Crippen LogP contribution in [0.2, 0.25) is 0 Å². The van der Waals surface area contributed by atoms with Crippen molar-refractivity contribution in [3.05, 3.63) is 30.0 Å². The van der Waals surface area contributed by atoms with Crippen LogP contribution in [-0.4, -0.2) is 57.5 Å². The molecule has 1 aromatic carbocycles. The van der Waals surface area contributed by atoms with Crippen LogP contribution in [0.4, 0.5) is 0 Å². The first-order valence-corrected chi connectivity index (χ1v) is 7.61. The molecule has 0 radical (unpaired) electrons. The summed E-state index contributed by atoms with van der Waals surface area (Å²) < 4.78 is 0. The number of nitrogens with one attached hydrogen (secondary N) is 1. The van der Waals surface area contributed by atoms with E-state index in [1.807, 2.05) is 29.2 Å². The van der Waals surface area contributed by atoms with Crippen LogP contribution in [0, 0.1) is 17.3 Å². The molecule has 3 N–H and O–H groups in total. The van der Waals surface area contributed by atoms with Gasteiger partial charge in [0.2, 0.25) is 5.91 Å². The number of fused-ring (bicyclic) bond motifs is 2. The fourth-order valence-corrected chi connectivity index (χ4v) is 3.97. The van der Waals surface area contributed by atoms with Crippen LogP contribution < -0.4 is 0 Å². The van der Waals surface area contributed by atoms with Crippen LogP contribution in [0.3, 0.4) is 0 Å². The molecule has 4 rings (SSSR count). The van der Waals surface area contributed by atoms with Gasteiger partial charge in [-0.15, -0.1) is 0 Å². The maximum absolute atomic E-state index is 12.5. The maximum Gasteiger partial charge on any atom is 0.228 e. The number of aromatic nitrogens is 2. The Morgan fingerprint density at radius 2 is 1.95 bits per heavy atom. The highest BCUT2D eigenvalue weighted by Crippen LogP contribution is 2.61. The average molecular weight is 301 g/mol. The third-order valence-electron chi connectivity index (χ3n) is 5.50. The molecular weight excluding hydrogens is 282 g/mol. The summed E-state index contributed by atoms with van der Waals surface area (Å²) in [6, 6.07) is 7.74. The molecule has 0 bridgehead atoms. The fourth-order valence-electron chi connectivity index (χ4n) is 3.97. The van der Waals surface area contributed by atoms with E-state index in [0.717, 1.165) is 16.6 Å². The first-order chi connectivity index (χ1) is 10.7. The molecule has 2 atom stereocenters. The normalized spacial score (nSPS) is 25.5. The van der Waals surface area contributed by atoms with Crippen LogP contribution in [0.25, 0.3) is 10.9 Å². The summed E-state index contributed by atoms with van der Waals surface area (Å²) in [6.45, 7) is 1.28. The second kappa shape index (κ2) is 4.79. The fraction of sp³-hybridized carbons (Fsp3) is 0.500. The highest BCUT2D eigenvalue weighted by Gasteiger charge is 2.67. The number of piperidine rings is 1. The molecule has 1 saturated heterocycles. The van der Waals surface area contributed by atoms with E-state index in [1.165, 1.54) is 0 Å². The topological polar surface area (TPSA) is 89.5 Å². The number of amides is 1.